The van der Waals surface area contributed by atoms with Crippen LogP contribution in [0, 0.1) is 34.9 Å². The van der Waals surface area contributed by atoms with Crippen molar-refractivity contribution >= 4 is 24.3 Å². The molecule has 0 bridgehead atoms. The fourth-order valence-corrected chi connectivity index (χ4v) is 2.47. The van der Waals surface area contributed by atoms with Crippen LogP contribution in [0.5, 0.6) is 0 Å². The van der Waals surface area contributed by atoms with Gasteiger partial charge >= 0.3 is 0 Å². The molecule has 0 spiro atoms. The van der Waals surface area contributed by atoms with Crippen LogP contribution in [0.1, 0.15) is 22.3 Å². The van der Waals surface area contributed by atoms with Gasteiger partial charge in [-0.2, -0.15) is 0 Å². The number of hydrogen-bond acceptors (Lipinski definition) is 0. The molecule has 0 saturated heterocycles. The Morgan fingerprint density at radius 2 is 0.679 bits per heavy atom. The van der Waals surface area contributed by atoms with Crippen LogP contribution in [0.2, 0.25) is 0 Å². The first-order valence-corrected chi connectivity index (χ1v) is 8.10. The maximum absolute atomic E-state index is 14.3. The Bertz CT molecular complexity index is 932. The van der Waals surface area contributed by atoms with Crippen molar-refractivity contribution in [2.45, 2.75) is 0 Å². The third kappa shape index (κ3) is 4.17. The van der Waals surface area contributed by atoms with Crippen LogP contribution in [-0.2, 0) is 0 Å². The Morgan fingerprint density at radius 1 is 0.393 bits per heavy atom. The SMILES string of the molecule is Fc1ccc(C=Cc2c(F)c(F)c(C=Cc3ccc(F)cc3)c(F)c2F)cc1. The average Bonchev–Trinajstić information content (AvgIpc) is 2.69. The second-order valence-electron chi connectivity index (χ2n) is 5.85. The third-order valence-electron chi connectivity index (χ3n) is 3.96. The van der Waals surface area contributed by atoms with Crippen LogP contribution in [-0.4, -0.2) is 0 Å². The quantitative estimate of drug-likeness (QED) is 0.259. The van der Waals surface area contributed by atoms with E-state index in [0.717, 1.165) is 36.4 Å². The highest BCUT2D eigenvalue weighted by atomic mass is 19.2. The van der Waals surface area contributed by atoms with Crippen molar-refractivity contribution in [3.63, 3.8) is 0 Å². The van der Waals surface area contributed by atoms with E-state index >= 15 is 0 Å². The van der Waals surface area contributed by atoms with E-state index < -0.39 is 46.0 Å². The molecule has 0 amide bonds. The number of benzene rings is 3. The van der Waals surface area contributed by atoms with Gasteiger partial charge in [-0.05, 0) is 47.5 Å². The smallest absolute Gasteiger partial charge is 0.169 e. The molecule has 0 fully saturated rings. The van der Waals surface area contributed by atoms with Gasteiger partial charge in [0.25, 0.3) is 0 Å². The standard InChI is InChI=1S/C22H12F6/c23-15-7-1-13(2-8-15)5-11-17-19(25)21(27)18(22(28)20(17)26)12-6-14-3-9-16(24)10-4-14/h1-12H. The van der Waals surface area contributed by atoms with E-state index in [9.17, 15) is 26.3 Å². The molecule has 0 nitrogen and oxygen atoms in total. The van der Waals surface area contributed by atoms with Gasteiger partial charge in [-0.3, -0.25) is 0 Å². The molecule has 0 unspecified atom stereocenters. The lowest BCUT2D eigenvalue weighted by atomic mass is 10.0. The van der Waals surface area contributed by atoms with Crippen LogP contribution < -0.4 is 0 Å². The maximum Gasteiger partial charge on any atom is 0.169 e. The highest BCUT2D eigenvalue weighted by Gasteiger charge is 2.22. The van der Waals surface area contributed by atoms with E-state index in [1.54, 1.807) is 0 Å². The molecule has 3 aromatic rings. The molecule has 0 N–H and O–H groups in total. The molecule has 0 heterocycles. The maximum atomic E-state index is 14.3. The van der Waals surface area contributed by atoms with Gasteiger partial charge in [0.1, 0.15) is 11.6 Å². The monoisotopic (exact) mass is 390 g/mol. The molecule has 0 atom stereocenters. The first-order valence-electron chi connectivity index (χ1n) is 8.10. The minimum Gasteiger partial charge on any atom is -0.207 e. The van der Waals surface area contributed by atoms with Gasteiger partial charge < -0.3 is 0 Å². The van der Waals surface area contributed by atoms with Crippen molar-refractivity contribution < 1.29 is 26.3 Å². The molecule has 6 heteroatoms. The largest absolute Gasteiger partial charge is 0.207 e. The van der Waals surface area contributed by atoms with E-state index in [2.05, 4.69) is 0 Å². The zero-order valence-corrected chi connectivity index (χ0v) is 14.2. The highest BCUT2D eigenvalue weighted by molar-refractivity contribution is 5.74. The van der Waals surface area contributed by atoms with Gasteiger partial charge in [-0.15, -0.1) is 0 Å². The molecule has 0 aliphatic heterocycles. The Balaban J connectivity index is 1.96. The summed E-state index contributed by atoms with van der Waals surface area (Å²) in [5.74, 6) is -7.23. The van der Waals surface area contributed by atoms with Crippen molar-refractivity contribution in [1.29, 1.82) is 0 Å². The van der Waals surface area contributed by atoms with E-state index in [1.807, 2.05) is 0 Å². The number of halogens is 6. The Morgan fingerprint density at radius 3 is 0.964 bits per heavy atom. The van der Waals surface area contributed by atoms with E-state index in [1.165, 1.54) is 36.4 Å². The molecule has 0 aliphatic rings. The molecular weight excluding hydrogens is 378 g/mol. The molecule has 0 aromatic heterocycles. The molecular formula is C22H12F6. The topological polar surface area (TPSA) is 0 Å². The highest BCUT2D eigenvalue weighted by Crippen LogP contribution is 2.27. The zero-order chi connectivity index (χ0) is 20.3. The molecule has 28 heavy (non-hydrogen) atoms. The summed E-state index contributed by atoms with van der Waals surface area (Å²) in [4.78, 5) is 0. The van der Waals surface area contributed by atoms with Crippen LogP contribution in [0.3, 0.4) is 0 Å². The van der Waals surface area contributed by atoms with Crippen molar-refractivity contribution in [1.82, 2.24) is 0 Å². The second kappa shape index (κ2) is 8.17. The minimum absolute atomic E-state index is 0.390. The summed E-state index contributed by atoms with van der Waals surface area (Å²) in [5, 5.41) is 0. The molecule has 142 valence electrons. The van der Waals surface area contributed by atoms with Gasteiger partial charge in [0.05, 0.1) is 11.1 Å². The predicted octanol–water partition coefficient (Wildman–Crippen LogP) is 6.86. The molecule has 3 aromatic carbocycles. The summed E-state index contributed by atoms with van der Waals surface area (Å²) in [6, 6.07) is 9.91. The van der Waals surface area contributed by atoms with Crippen LogP contribution >= 0.6 is 0 Å². The summed E-state index contributed by atoms with van der Waals surface area (Å²) in [5.41, 5.74) is -1.00. The van der Waals surface area contributed by atoms with Gasteiger partial charge in [0.15, 0.2) is 23.3 Å². The summed E-state index contributed by atoms with van der Waals surface area (Å²) in [6.45, 7) is 0. The van der Waals surface area contributed by atoms with E-state index in [0.29, 0.717) is 11.1 Å². The van der Waals surface area contributed by atoms with E-state index in [4.69, 9.17) is 0 Å². The Hall–Kier alpha value is -3.28. The fourth-order valence-electron chi connectivity index (χ4n) is 2.47. The minimum atomic E-state index is -1.56. The lowest BCUT2D eigenvalue weighted by Crippen LogP contribution is -2.03. The molecule has 0 saturated carbocycles. The number of hydrogen-bond donors (Lipinski definition) is 0. The van der Waals surface area contributed by atoms with E-state index in [-0.39, 0.29) is 0 Å². The van der Waals surface area contributed by atoms with Gasteiger partial charge in [0, 0.05) is 0 Å². The molecule has 3 rings (SSSR count). The fraction of sp³-hybridized carbons (Fsp3) is 0. The van der Waals surface area contributed by atoms with Crippen molar-refractivity contribution in [3.8, 4) is 0 Å². The summed E-state index contributed by atoms with van der Waals surface area (Å²) >= 11 is 0. The van der Waals surface area contributed by atoms with Crippen molar-refractivity contribution in [3.05, 3.63) is 106 Å². The van der Waals surface area contributed by atoms with Crippen molar-refractivity contribution in [2.75, 3.05) is 0 Å². The lowest BCUT2D eigenvalue weighted by molar-refractivity contribution is 0.448. The normalized spacial score (nSPS) is 11.6. The van der Waals surface area contributed by atoms with Gasteiger partial charge in [0.2, 0.25) is 0 Å². The van der Waals surface area contributed by atoms with Gasteiger partial charge in [-0.1, -0.05) is 36.4 Å². The summed E-state index contributed by atoms with van der Waals surface area (Å²) in [7, 11) is 0. The second-order valence-corrected chi connectivity index (χ2v) is 5.85. The van der Waals surface area contributed by atoms with Crippen LogP contribution in [0.4, 0.5) is 26.3 Å². The van der Waals surface area contributed by atoms with Crippen LogP contribution in [0.15, 0.2) is 48.5 Å². The third-order valence-corrected chi connectivity index (χ3v) is 3.96. The van der Waals surface area contributed by atoms with Crippen molar-refractivity contribution in [2.24, 2.45) is 0 Å². The Kier molecular flexibility index (Phi) is 5.68. The van der Waals surface area contributed by atoms with Crippen LogP contribution in [0.25, 0.3) is 24.3 Å². The van der Waals surface area contributed by atoms with Gasteiger partial charge in [-0.25, -0.2) is 26.3 Å². The summed E-state index contributed by atoms with van der Waals surface area (Å²) in [6.07, 6.45) is 4.15. The molecule has 0 radical (unpaired) electrons. The average molecular weight is 390 g/mol. The zero-order valence-electron chi connectivity index (χ0n) is 14.2. The summed E-state index contributed by atoms with van der Waals surface area (Å²) < 4.78 is 82.8. The first kappa shape index (κ1) is 19.5. The number of rotatable bonds is 4. The Labute approximate surface area is 157 Å². The molecule has 0 aliphatic carbocycles. The lowest BCUT2D eigenvalue weighted by Gasteiger charge is -2.07. The predicted molar refractivity (Wildman–Crippen MR) is 96.9 cm³/mol. The first-order chi connectivity index (χ1) is 13.4.